The second kappa shape index (κ2) is 2.73. The summed E-state index contributed by atoms with van der Waals surface area (Å²) in [6, 6.07) is 6.44. The molecule has 0 radical (unpaired) electrons. The van der Waals surface area contributed by atoms with E-state index in [4.69, 9.17) is 0 Å². The van der Waals surface area contributed by atoms with Crippen molar-refractivity contribution >= 4 is 17.7 Å². The fraction of sp³-hybridized carbons (Fsp3) is 0.364. The van der Waals surface area contributed by atoms with E-state index < -0.39 is 0 Å². The van der Waals surface area contributed by atoms with E-state index in [-0.39, 0.29) is 5.41 Å². The number of H-pyrrole nitrogens is 1. The van der Waals surface area contributed by atoms with Crippen molar-refractivity contribution in [1.29, 1.82) is 0 Å². The van der Waals surface area contributed by atoms with Gasteiger partial charge in [-0.2, -0.15) is 0 Å². The molecule has 0 aliphatic carbocycles. The molecule has 0 atom stereocenters. The average molecular weight is 171 g/mol. The molecular formula is C11H14BN. The molecule has 0 amide bonds. The summed E-state index contributed by atoms with van der Waals surface area (Å²) in [5.41, 5.74) is 2.74. The first-order valence-corrected chi connectivity index (χ1v) is 4.65. The van der Waals surface area contributed by atoms with Crippen LogP contribution < -0.4 is 0 Å². The van der Waals surface area contributed by atoms with Crippen LogP contribution in [0.4, 0.5) is 0 Å². The van der Waals surface area contributed by atoms with Gasteiger partial charge in [0.15, 0.2) is 0 Å². The molecule has 0 aliphatic heterocycles. The molecule has 0 saturated heterocycles. The Kier molecular flexibility index (Phi) is 1.79. The Bertz CT molecular complexity index is 390. The maximum atomic E-state index is 3.44. The van der Waals surface area contributed by atoms with E-state index in [9.17, 15) is 0 Å². The standard InChI is InChI=1S/C11H14BN/c1-11(2,3)9-7-8-5-4-6-12-10(8)13-9/h4-7,13H,1-3H3. The minimum atomic E-state index is 0.207. The van der Waals surface area contributed by atoms with Gasteiger partial charge in [0.1, 0.15) is 0 Å². The van der Waals surface area contributed by atoms with Gasteiger partial charge in [-0.3, -0.25) is 0 Å². The van der Waals surface area contributed by atoms with Crippen LogP contribution in [-0.2, 0) is 5.41 Å². The van der Waals surface area contributed by atoms with Gasteiger partial charge in [0.05, 0.1) is 0 Å². The summed E-state index contributed by atoms with van der Waals surface area (Å²) in [5.74, 6) is 2.06. The first kappa shape index (κ1) is 8.55. The molecule has 13 heavy (non-hydrogen) atoms. The summed E-state index contributed by atoms with van der Waals surface area (Å²) in [6.07, 6.45) is 0. The molecule has 2 heterocycles. The van der Waals surface area contributed by atoms with Gasteiger partial charge in [0.25, 0.3) is 0 Å². The van der Waals surface area contributed by atoms with Crippen molar-refractivity contribution in [1.82, 2.24) is 4.98 Å². The van der Waals surface area contributed by atoms with E-state index in [1.807, 2.05) is 0 Å². The molecule has 0 aliphatic rings. The van der Waals surface area contributed by atoms with Crippen LogP contribution in [0.3, 0.4) is 0 Å². The van der Waals surface area contributed by atoms with Gasteiger partial charge in [0, 0.05) is 0 Å². The third-order valence-corrected chi connectivity index (χ3v) is 2.34. The maximum absolute atomic E-state index is 3.44. The molecular weight excluding hydrogens is 157 g/mol. The number of rotatable bonds is 0. The van der Waals surface area contributed by atoms with Crippen LogP contribution in [0.15, 0.2) is 24.2 Å². The summed E-state index contributed by atoms with van der Waals surface area (Å²) in [4.78, 5) is 3.44. The second-order valence-electron chi connectivity index (χ2n) is 4.52. The number of hydrogen-bond acceptors (Lipinski definition) is 0. The summed E-state index contributed by atoms with van der Waals surface area (Å²) in [7, 11) is 0. The number of nitrogens with one attached hydrogen (secondary N) is 1. The Labute approximate surface area is 79.4 Å². The molecule has 1 N–H and O–H groups in total. The van der Waals surface area contributed by atoms with Crippen molar-refractivity contribution in [2.24, 2.45) is 0 Å². The van der Waals surface area contributed by atoms with E-state index in [1.165, 1.54) is 16.5 Å². The monoisotopic (exact) mass is 171 g/mol. The van der Waals surface area contributed by atoms with Crippen LogP contribution in [0.5, 0.6) is 0 Å². The van der Waals surface area contributed by atoms with Crippen molar-refractivity contribution in [3.05, 3.63) is 29.9 Å². The van der Waals surface area contributed by atoms with Gasteiger partial charge < -0.3 is 0 Å². The number of fused-ring (bicyclic) bond motifs is 1. The van der Waals surface area contributed by atoms with Gasteiger partial charge in [-0.05, 0) is 0 Å². The molecule has 2 aromatic heterocycles. The van der Waals surface area contributed by atoms with Gasteiger partial charge in [-0.25, -0.2) is 0 Å². The Balaban J connectivity index is 2.63. The Morgan fingerprint density at radius 2 is 2.08 bits per heavy atom. The van der Waals surface area contributed by atoms with Crippen molar-refractivity contribution in [2.75, 3.05) is 0 Å². The fourth-order valence-electron chi connectivity index (χ4n) is 1.48. The first-order chi connectivity index (χ1) is 6.07. The molecule has 2 heteroatoms. The fourth-order valence-corrected chi connectivity index (χ4v) is 1.48. The van der Waals surface area contributed by atoms with Crippen LogP contribution in [0.2, 0.25) is 0 Å². The Morgan fingerprint density at radius 1 is 1.31 bits per heavy atom. The average Bonchev–Trinajstić information content (AvgIpc) is 2.45. The molecule has 0 fully saturated rings. The quantitative estimate of drug-likeness (QED) is 0.627. The van der Waals surface area contributed by atoms with Gasteiger partial charge in [-0.1, -0.05) is 0 Å². The van der Waals surface area contributed by atoms with Crippen molar-refractivity contribution in [3.8, 4) is 0 Å². The van der Waals surface area contributed by atoms with Crippen LogP contribution >= 0.6 is 0 Å². The second-order valence-corrected chi connectivity index (χ2v) is 4.52. The summed E-state index contributed by atoms with van der Waals surface area (Å²) in [6.45, 7) is 8.78. The zero-order valence-corrected chi connectivity index (χ0v) is 8.39. The van der Waals surface area contributed by atoms with E-state index in [1.54, 1.807) is 0 Å². The third-order valence-electron chi connectivity index (χ3n) is 2.34. The van der Waals surface area contributed by atoms with Crippen LogP contribution in [-0.4, -0.2) is 11.9 Å². The molecule has 66 valence electrons. The SMILES string of the molecule is CC(C)(C)c1cc2cccbc2[nH]1. The number of aromatic amines is 1. The number of aromatic nitrogens is 1. The topological polar surface area (TPSA) is 15.8 Å². The van der Waals surface area contributed by atoms with E-state index in [0.29, 0.717) is 0 Å². The van der Waals surface area contributed by atoms with Crippen molar-refractivity contribution < 1.29 is 0 Å². The van der Waals surface area contributed by atoms with Gasteiger partial charge in [-0.15, -0.1) is 0 Å². The number of hydrogen-bond donors (Lipinski definition) is 1. The van der Waals surface area contributed by atoms with Crippen LogP contribution in [0.25, 0.3) is 10.8 Å². The predicted molar refractivity (Wildman–Crippen MR) is 58.3 cm³/mol. The molecule has 2 aromatic rings. The summed E-state index contributed by atoms with van der Waals surface area (Å²) >= 11 is 0. The van der Waals surface area contributed by atoms with E-state index in [0.717, 1.165) is 0 Å². The summed E-state index contributed by atoms with van der Waals surface area (Å²) in [5, 5.41) is 1.30. The molecule has 0 spiro atoms. The Hall–Kier alpha value is -1.05. The third kappa shape index (κ3) is 1.53. The minimum absolute atomic E-state index is 0.207. The van der Waals surface area contributed by atoms with Crippen LogP contribution in [0, 0.1) is 0 Å². The Morgan fingerprint density at radius 3 is 2.69 bits per heavy atom. The van der Waals surface area contributed by atoms with Crippen molar-refractivity contribution in [2.45, 2.75) is 26.2 Å². The van der Waals surface area contributed by atoms with E-state index >= 15 is 0 Å². The van der Waals surface area contributed by atoms with Gasteiger partial charge in [0.2, 0.25) is 0 Å². The summed E-state index contributed by atoms with van der Waals surface area (Å²) < 4.78 is 0. The molecule has 0 unspecified atom stereocenters. The van der Waals surface area contributed by atoms with Gasteiger partial charge >= 0.3 is 78.7 Å². The zero-order valence-electron chi connectivity index (χ0n) is 8.39. The molecule has 0 bridgehead atoms. The molecule has 0 aromatic carbocycles. The van der Waals surface area contributed by atoms with E-state index in [2.05, 4.69) is 56.8 Å². The molecule has 0 saturated carbocycles. The predicted octanol–water partition coefficient (Wildman–Crippen LogP) is 2.80. The molecule has 1 nitrogen and oxygen atoms in total. The van der Waals surface area contributed by atoms with Crippen LogP contribution in [0.1, 0.15) is 26.5 Å². The van der Waals surface area contributed by atoms with Crippen molar-refractivity contribution in [3.63, 3.8) is 0 Å². The normalized spacial score (nSPS) is 11.9. The zero-order chi connectivity index (χ0) is 9.47. The molecule has 2 rings (SSSR count). The first-order valence-electron chi connectivity index (χ1n) is 4.65.